The number of carbonyl (C=O) groups excluding carboxylic acids is 1. The van der Waals surface area contributed by atoms with E-state index >= 15 is 0 Å². The summed E-state index contributed by atoms with van der Waals surface area (Å²) in [7, 11) is 5.85. The molecule has 0 aliphatic carbocycles. The number of carboxylic acid groups (broad SMARTS) is 1. The topological polar surface area (TPSA) is 63.6 Å². The molecule has 1 atom stereocenters. The van der Waals surface area contributed by atoms with E-state index < -0.39 is 12.1 Å². The van der Waals surface area contributed by atoms with Crippen LogP contribution in [0.15, 0.2) is 12.2 Å². The normalized spacial score (nSPS) is 13.2. The Morgan fingerprint density at radius 1 is 1.04 bits per heavy atom. The molecule has 24 heavy (non-hydrogen) atoms. The van der Waals surface area contributed by atoms with Crippen LogP contribution in [-0.4, -0.2) is 55.3 Å². The maximum atomic E-state index is 11.9. The number of nitrogens with zero attached hydrogens (tertiary/aromatic N) is 1. The van der Waals surface area contributed by atoms with Gasteiger partial charge in [-0.15, -0.1) is 0 Å². The van der Waals surface area contributed by atoms with E-state index in [-0.39, 0.29) is 12.4 Å². The highest BCUT2D eigenvalue weighted by Crippen LogP contribution is 2.09. The number of carbonyl (C=O) groups is 2. The lowest BCUT2D eigenvalue weighted by Gasteiger charge is -2.28. The SMILES string of the molecule is CCCCCCCC=CCCC(=O)OC(CC(=O)O)C[N+](C)(C)C. The minimum absolute atomic E-state index is 0.144. The molecule has 0 heterocycles. The minimum atomic E-state index is -0.941. The van der Waals surface area contributed by atoms with Gasteiger partial charge in [0.1, 0.15) is 6.54 Å². The Balaban J connectivity index is 3.97. The number of aliphatic carboxylic acids is 1. The first-order valence-electron chi connectivity index (χ1n) is 9.11. The third-order valence-electron chi connectivity index (χ3n) is 3.61. The summed E-state index contributed by atoms with van der Waals surface area (Å²) in [5, 5.41) is 8.93. The number of hydrogen-bond donors (Lipinski definition) is 1. The van der Waals surface area contributed by atoms with Gasteiger partial charge < -0.3 is 14.3 Å². The monoisotopic (exact) mass is 342 g/mol. The molecule has 140 valence electrons. The zero-order valence-electron chi connectivity index (χ0n) is 15.9. The molecule has 0 radical (unpaired) electrons. The van der Waals surface area contributed by atoms with E-state index in [4.69, 9.17) is 9.84 Å². The smallest absolute Gasteiger partial charge is 0.307 e. The maximum Gasteiger partial charge on any atom is 0.307 e. The maximum absolute atomic E-state index is 11.9. The molecule has 0 saturated heterocycles. The molecule has 0 aromatic heterocycles. The average Bonchev–Trinajstić information content (AvgIpc) is 2.42. The quantitative estimate of drug-likeness (QED) is 0.226. The minimum Gasteiger partial charge on any atom is -0.481 e. The van der Waals surface area contributed by atoms with Gasteiger partial charge in [-0.05, 0) is 19.3 Å². The standard InChI is InChI=1S/C19H35NO4/c1-5-6-7-8-9-10-11-12-13-14-19(23)24-17(15-18(21)22)16-20(2,3)4/h11-12,17H,5-10,13-16H2,1-4H3/p+1. The highest BCUT2D eigenvalue weighted by molar-refractivity contribution is 5.71. The van der Waals surface area contributed by atoms with Gasteiger partial charge in [0, 0.05) is 6.42 Å². The molecule has 0 amide bonds. The fourth-order valence-corrected chi connectivity index (χ4v) is 2.50. The van der Waals surface area contributed by atoms with Gasteiger partial charge in [-0.1, -0.05) is 44.8 Å². The average molecular weight is 343 g/mol. The van der Waals surface area contributed by atoms with Crippen molar-refractivity contribution in [1.29, 1.82) is 0 Å². The summed E-state index contributed by atoms with van der Waals surface area (Å²) in [6.45, 7) is 2.70. The Labute approximate surface area is 147 Å². The zero-order chi connectivity index (χ0) is 18.4. The molecule has 0 aromatic rings. The van der Waals surface area contributed by atoms with Gasteiger partial charge in [0.2, 0.25) is 0 Å². The second-order valence-corrected chi connectivity index (χ2v) is 7.40. The highest BCUT2D eigenvalue weighted by atomic mass is 16.5. The number of unbranched alkanes of at least 4 members (excludes halogenated alkanes) is 5. The molecule has 0 spiro atoms. The summed E-state index contributed by atoms with van der Waals surface area (Å²) >= 11 is 0. The van der Waals surface area contributed by atoms with Crippen LogP contribution in [0.5, 0.6) is 0 Å². The number of carboxylic acids is 1. The molecule has 5 nitrogen and oxygen atoms in total. The van der Waals surface area contributed by atoms with Crippen LogP contribution in [0.4, 0.5) is 0 Å². The number of allylic oxidation sites excluding steroid dienone is 2. The van der Waals surface area contributed by atoms with Crippen LogP contribution in [0.1, 0.15) is 64.7 Å². The van der Waals surface area contributed by atoms with Crippen LogP contribution in [0, 0.1) is 0 Å². The largest absolute Gasteiger partial charge is 0.481 e. The van der Waals surface area contributed by atoms with Crippen LogP contribution in [0.25, 0.3) is 0 Å². The Morgan fingerprint density at radius 3 is 2.25 bits per heavy atom. The fourth-order valence-electron chi connectivity index (χ4n) is 2.50. The van der Waals surface area contributed by atoms with E-state index in [1.54, 1.807) is 0 Å². The van der Waals surface area contributed by atoms with E-state index in [0.717, 1.165) is 6.42 Å². The number of rotatable bonds is 14. The number of quaternary nitrogens is 1. The van der Waals surface area contributed by atoms with Crippen molar-refractivity contribution in [1.82, 2.24) is 0 Å². The second-order valence-electron chi connectivity index (χ2n) is 7.40. The third-order valence-corrected chi connectivity index (χ3v) is 3.61. The molecule has 0 saturated carbocycles. The number of likely N-dealkylation sites (N-methyl/N-ethyl adjacent to an activating group) is 1. The van der Waals surface area contributed by atoms with E-state index in [1.807, 2.05) is 27.2 Å². The zero-order valence-corrected chi connectivity index (χ0v) is 15.9. The highest BCUT2D eigenvalue weighted by Gasteiger charge is 2.24. The summed E-state index contributed by atoms with van der Waals surface area (Å²) < 4.78 is 5.90. The summed E-state index contributed by atoms with van der Waals surface area (Å²) in [5.74, 6) is -1.26. The summed E-state index contributed by atoms with van der Waals surface area (Å²) in [4.78, 5) is 22.8. The molecule has 0 fully saturated rings. The van der Waals surface area contributed by atoms with E-state index in [2.05, 4.69) is 13.0 Å². The molecule has 0 aliphatic rings. The van der Waals surface area contributed by atoms with Crippen molar-refractivity contribution in [2.75, 3.05) is 27.7 Å². The molecule has 1 unspecified atom stereocenters. The van der Waals surface area contributed by atoms with Crippen molar-refractivity contribution >= 4 is 11.9 Å². The number of hydrogen-bond acceptors (Lipinski definition) is 3. The number of esters is 1. The van der Waals surface area contributed by atoms with Crippen LogP contribution < -0.4 is 0 Å². The van der Waals surface area contributed by atoms with Crippen molar-refractivity contribution in [3.8, 4) is 0 Å². The Hall–Kier alpha value is -1.36. The molecular weight excluding hydrogens is 306 g/mol. The molecule has 5 heteroatoms. The van der Waals surface area contributed by atoms with Crippen molar-refractivity contribution in [2.45, 2.75) is 70.8 Å². The predicted molar refractivity (Wildman–Crippen MR) is 96.8 cm³/mol. The van der Waals surface area contributed by atoms with Gasteiger partial charge in [0.05, 0.1) is 27.6 Å². The first-order valence-corrected chi connectivity index (χ1v) is 9.11. The van der Waals surface area contributed by atoms with Crippen molar-refractivity contribution in [3.63, 3.8) is 0 Å². The first kappa shape index (κ1) is 22.6. The van der Waals surface area contributed by atoms with Crippen LogP contribution in [0.2, 0.25) is 0 Å². The van der Waals surface area contributed by atoms with Gasteiger partial charge in [-0.3, -0.25) is 9.59 Å². The lowest BCUT2D eigenvalue weighted by molar-refractivity contribution is -0.873. The lowest BCUT2D eigenvalue weighted by atomic mass is 10.1. The van der Waals surface area contributed by atoms with Gasteiger partial charge in [0.25, 0.3) is 0 Å². The summed E-state index contributed by atoms with van der Waals surface area (Å²) in [5.41, 5.74) is 0. The van der Waals surface area contributed by atoms with Gasteiger partial charge in [-0.2, -0.15) is 0 Å². The van der Waals surface area contributed by atoms with Gasteiger partial charge >= 0.3 is 11.9 Å². The van der Waals surface area contributed by atoms with Crippen molar-refractivity contribution in [2.24, 2.45) is 0 Å². The van der Waals surface area contributed by atoms with Crippen molar-refractivity contribution in [3.05, 3.63) is 12.2 Å². The molecule has 0 aromatic carbocycles. The van der Waals surface area contributed by atoms with E-state index in [1.165, 1.54) is 32.1 Å². The third kappa shape index (κ3) is 15.5. The Kier molecular flexibility index (Phi) is 12.3. The van der Waals surface area contributed by atoms with Crippen LogP contribution >= 0.6 is 0 Å². The second kappa shape index (κ2) is 13.0. The molecule has 0 bridgehead atoms. The molecular formula is C19H36NO4+. The van der Waals surface area contributed by atoms with Crippen molar-refractivity contribution < 1.29 is 23.9 Å². The van der Waals surface area contributed by atoms with Gasteiger partial charge in [0.15, 0.2) is 6.10 Å². The summed E-state index contributed by atoms with van der Waals surface area (Å²) in [6, 6.07) is 0. The first-order chi connectivity index (χ1) is 11.2. The van der Waals surface area contributed by atoms with E-state index in [9.17, 15) is 9.59 Å². The molecule has 0 aliphatic heterocycles. The van der Waals surface area contributed by atoms with Crippen LogP contribution in [0.3, 0.4) is 0 Å². The fraction of sp³-hybridized carbons (Fsp3) is 0.789. The molecule has 1 N–H and O–H groups in total. The Morgan fingerprint density at radius 2 is 1.67 bits per heavy atom. The van der Waals surface area contributed by atoms with E-state index in [0.29, 0.717) is 23.9 Å². The van der Waals surface area contributed by atoms with Crippen LogP contribution in [-0.2, 0) is 14.3 Å². The summed E-state index contributed by atoms with van der Waals surface area (Å²) in [6.07, 6.45) is 11.8. The Bertz CT molecular complexity index is 385. The van der Waals surface area contributed by atoms with Gasteiger partial charge in [-0.25, -0.2) is 0 Å². The number of ether oxygens (including phenoxy) is 1. The lowest BCUT2D eigenvalue weighted by Crippen LogP contribution is -2.43. The predicted octanol–water partition coefficient (Wildman–Crippen LogP) is 3.78. The molecule has 0 rings (SSSR count).